The van der Waals surface area contributed by atoms with E-state index in [0.29, 0.717) is 17.6 Å². The smallest absolute Gasteiger partial charge is 0.139 e. The average Bonchev–Trinajstić information content (AvgIpc) is 2.48. The summed E-state index contributed by atoms with van der Waals surface area (Å²) < 4.78 is 0. The largest absolute Gasteiger partial charge is 0.299 e. The molecule has 1 nitrogen and oxygen atoms in total. The molecule has 2 saturated carbocycles. The van der Waals surface area contributed by atoms with Crippen LogP contribution in [0.2, 0.25) is 0 Å². The molecule has 1 atom stereocenters. The lowest BCUT2D eigenvalue weighted by Gasteiger charge is -2.28. The van der Waals surface area contributed by atoms with Gasteiger partial charge in [-0.3, -0.25) is 4.79 Å². The normalized spacial score (nSPS) is 31.2. The molecule has 1 heteroatoms. The minimum Gasteiger partial charge on any atom is -0.299 e. The maximum Gasteiger partial charge on any atom is 0.139 e. The predicted octanol–water partition coefficient (Wildman–Crippen LogP) is 4.35. The molecule has 2 rings (SSSR count). The molecule has 0 saturated heterocycles. The van der Waals surface area contributed by atoms with Crippen LogP contribution in [-0.4, -0.2) is 5.78 Å². The summed E-state index contributed by atoms with van der Waals surface area (Å²) >= 11 is 0. The Balaban J connectivity index is 2.00. The van der Waals surface area contributed by atoms with Crippen LogP contribution < -0.4 is 0 Å². The Morgan fingerprint density at radius 3 is 2.06 bits per heavy atom. The minimum atomic E-state index is 0.281. The highest BCUT2D eigenvalue weighted by molar-refractivity contribution is 5.84. The second kappa shape index (κ2) is 4.89. The molecule has 0 aromatic heterocycles. The van der Waals surface area contributed by atoms with Gasteiger partial charge in [-0.15, -0.1) is 0 Å². The zero-order chi connectivity index (χ0) is 11.6. The summed E-state index contributed by atoms with van der Waals surface area (Å²) in [4.78, 5) is 12.6. The zero-order valence-electron chi connectivity index (χ0n) is 10.9. The third kappa shape index (κ3) is 2.49. The van der Waals surface area contributed by atoms with E-state index in [2.05, 4.69) is 13.8 Å². The Morgan fingerprint density at radius 2 is 1.56 bits per heavy atom. The van der Waals surface area contributed by atoms with Gasteiger partial charge < -0.3 is 0 Å². The van der Waals surface area contributed by atoms with Crippen LogP contribution in [0.5, 0.6) is 0 Å². The summed E-state index contributed by atoms with van der Waals surface area (Å²) in [5, 5.41) is 0. The summed E-state index contributed by atoms with van der Waals surface area (Å²) in [6, 6.07) is 0. The summed E-state index contributed by atoms with van der Waals surface area (Å²) in [6.07, 6.45) is 11.3. The van der Waals surface area contributed by atoms with Gasteiger partial charge in [0.1, 0.15) is 5.78 Å². The van der Waals surface area contributed by atoms with Gasteiger partial charge in [0.15, 0.2) is 0 Å². The molecule has 0 radical (unpaired) electrons. The molecule has 0 amide bonds. The van der Waals surface area contributed by atoms with Gasteiger partial charge in [-0.25, -0.2) is 0 Å². The molecule has 0 spiro atoms. The lowest BCUT2D eigenvalue weighted by Crippen LogP contribution is -2.31. The number of Topliss-reactive ketones (excluding diaryl/α,β-unsaturated/α-hetero) is 1. The van der Waals surface area contributed by atoms with E-state index in [-0.39, 0.29) is 5.41 Å². The van der Waals surface area contributed by atoms with Crippen molar-refractivity contribution in [3.8, 4) is 0 Å². The molecule has 0 bridgehead atoms. The van der Waals surface area contributed by atoms with E-state index in [1.165, 1.54) is 51.4 Å². The molecule has 0 heterocycles. The highest BCUT2D eigenvalue weighted by atomic mass is 16.1. The molecule has 0 aliphatic heterocycles. The standard InChI is InChI=1S/C15H26O/c1-15(2)11-7-10-13(15)14(16)12-8-5-3-4-6-9-12/h12-13H,3-11H2,1-2H3. The molecule has 1 unspecified atom stereocenters. The Morgan fingerprint density at radius 1 is 0.938 bits per heavy atom. The van der Waals surface area contributed by atoms with Gasteiger partial charge in [-0.2, -0.15) is 0 Å². The fraction of sp³-hybridized carbons (Fsp3) is 0.933. The number of ketones is 1. The number of rotatable bonds is 2. The van der Waals surface area contributed by atoms with E-state index in [9.17, 15) is 4.79 Å². The van der Waals surface area contributed by atoms with Crippen molar-refractivity contribution in [2.45, 2.75) is 71.6 Å². The van der Waals surface area contributed by atoms with Gasteiger partial charge in [-0.1, -0.05) is 46.0 Å². The van der Waals surface area contributed by atoms with E-state index in [4.69, 9.17) is 0 Å². The van der Waals surface area contributed by atoms with Gasteiger partial charge in [0.05, 0.1) is 0 Å². The van der Waals surface area contributed by atoms with Crippen LogP contribution in [0.25, 0.3) is 0 Å². The summed E-state index contributed by atoms with van der Waals surface area (Å²) in [7, 11) is 0. The highest BCUT2D eigenvalue weighted by Gasteiger charge is 2.41. The predicted molar refractivity (Wildman–Crippen MR) is 67.3 cm³/mol. The van der Waals surface area contributed by atoms with E-state index in [1.807, 2.05) is 0 Å². The monoisotopic (exact) mass is 222 g/mol. The summed E-state index contributed by atoms with van der Waals surface area (Å²) in [5.74, 6) is 1.39. The first-order chi connectivity index (χ1) is 7.61. The number of hydrogen-bond acceptors (Lipinski definition) is 1. The van der Waals surface area contributed by atoms with Crippen LogP contribution in [0.1, 0.15) is 71.6 Å². The van der Waals surface area contributed by atoms with E-state index in [1.54, 1.807) is 0 Å². The van der Waals surface area contributed by atoms with Gasteiger partial charge in [0.25, 0.3) is 0 Å². The van der Waals surface area contributed by atoms with E-state index in [0.717, 1.165) is 6.42 Å². The first kappa shape index (κ1) is 12.1. The van der Waals surface area contributed by atoms with E-state index >= 15 is 0 Å². The fourth-order valence-corrected chi connectivity index (χ4v) is 3.70. The van der Waals surface area contributed by atoms with Gasteiger partial charge >= 0.3 is 0 Å². The van der Waals surface area contributed by atoms with Crippen molar-refractivity contribution < 1.29 is 4.79 Å². The molecule has 0 aromatic rings. The average molecular weight is 222 g/mol. The molecule has 2 aliphatic rings. The van der Waals surface area contributed by atoms with Crippen LogP contribution in [-0.2, 0) is 4.79 Å². The van der Waals surface area contributed by atoms with Crippen molar-refractivity contribution in [2.75, 3.05) is 0 Å². The van der Waals surface area contributed by atoms with Gasteiger partial charge in [0.2, 0.25) is 0 Å². The molecular weight excluding hydrogens is 196 g/mol. The van der Waals surface area contributed by atoms with Crippen LogP contribution in [0.3, 0.4) is 0 Å². The maximum absolute atomic E-state index is 12.6. The molecule has 2 aliphatic carbocycles. The Hall–Kier alpha value is -0.330. The van der Waals surface area contributed by atoms with Crippen LogP contribution in [0.15, 0.2) is 0 Å². The van der Waals surface area contributed by atoms with Crippen molar-refractivity contribution in [2.24, 2.45) is 17.3 Å². The van der Waals surface area contributed by atoms with Crippen LogP contribution in [0, 0.1) is 17.3 Å². The third-order valence-corrected chi connectivity index (χ3v) is 4.86. The van der Waals surface area contributed by atoms with Crippen molar-refractivity contribution in [1.29, 1.82) is 0 Å². The SMILES string of the molecule is CC1(C)CCCC1C(=O)C1CCCCCC1. The lowest BCUT2D eigenvalue weighted by atomic mass is 9.74. The second-order valence-corrected chi connectivity index (χ2v) is 6.52. The number of hydrogen-bond donors (Lipinski definition) is 0. The molecule has 0 aromatic carbocycles. The van der Waals surface area contributed by atoms with Gasteiger partial charge in [0, 0.05) is 11.8 Å². The van der Waals surface area contributed by atoms with Crippen molar-refractivity contribution >= 4 is 5.78 Å². The summed E-state index contributed by atoms with van der Waals surface area (Å²) in [5.41, 5.74) is 0.281. The maximum atomic E-state index is 12.6. The van der Waals surface area contributed by atoms with Crippen LogP contribution in [0.4, 0.5) is 0 Å². The van der Waals surface area contributed by atoms with Crippen molar-refractivity contribution in [1.82, 2.24) is 0 Å². The summed E-state index contributed by atoms with van der Waals surface area (Å²) in [6.45, 7) is 4.58. The zero-order valence-corrected chi connectivity index (χ0v) is 10.9. The topological polar surface area (TPSA) is 17.1 Å². The second-order valence-electron chi connectivity index (χ2n) is 6.52. The fourth-order valence-electron chi connectivity index (χ4n) is 3.70. The number of carbonyl (C=O) groups excluding carboxylic acids is 1. The highest BCUT2D eigenvalue weighted by Crippen LogP contribution is 2.45. The first-order valence-corrected chi connectivity index (χ1v) is 7.15. The molecule has 0 N–H and O–H groups in total. The van der Waals surface area contributed by atoms with Crippen LogP contribution >= 0.6 is 0 Å². The van der Waals surface area contributed by atoms with Crippen molar-refractivity contribution in [3.05, 3.63) is 0 Å². The van der Waals surface area contributed by atoms with E-state index < -0.39 is 0 Å². The molecule has 92 valence electrons. The molecular formula is C15H26O. The number of carbonyl (C=O) groups is 1. The first-order valence-electron chi connectivity index (χ1n) is 7.15. The lowest BCUT2D eigenvalue weighted by molar-refractivity contribution is -0.129. The molecule has 2 fully saturated rings. The Labute approximate surface area is 100.0 Å². The molecule has 16 heavy (non-hydrogen) atoms. The quantitative estimate of drug-likeness (QED) is 0.635. The minimum absolute atomic E-state index is 0.281. The van der Waals surface area contributed by atoms with Crippen molar-refractivity contribution in [3.63, 3.8) is 0 Å². The third-order valence-electron chi connectivity index (χ3n) is 4.86. The Kier molecular flexibility index (Phi) is 3.71. The Bertz CT molecular complexity index is 246. The van der Waals surface area contributed by atoms with Gasteiger partial charge in [-0.05, 0) is 31.1 Å².